The number of hydrogen-bond acceptors (Lipinski definition) is 2. The molecule has 62 valence electrons. The predicted molar refractivity (Wildman–Crippen MR) is 44.7 cm³/mol. The molecule has 0 N–H and O–H groups in total. The Balaban J connectivity index is 2.39. The van der Waals surface area contributed by atoms with Crippen LogP contribution in [0, 0.1) is 5.92 Å². The first-order chi connectivity index (χ1) is 5.18. The van der Waals surface area contributed by atoms with Crippen LogP contribution >= 0.6 is 11.6 Å². The molecule has 0 aliphatic heterocycles. The topological polar surface area (TPSA) is 26.0 Å². The summed E-state index contributed by atoms with van der Waals surface area (Å²) in [7, 11) is 0. The van der Waals surface area contributed by atoms with E-state index in [0.717, 1.165) is 18.6 Å². The normalized spacial score (nSPS) is 10.9. The van der Waals surface area contributed by atoms with Crippen LogP contribution in [0.25, 0.3) is 0 Å². The van der Waals surface area contributed by atoms with Gasteiger partial charge >= 0.3 is 0 Å². The zero-order valence-electron chi connectivity index (χ0n) is 6.80. The van der Waals surface area contributed by atoms with Gasteiger partial charge in [-0.1, -0.05) is 30.6 Å². The molecule has 0 saturated heterocycles. The highest BCUT2D eigenvalue weighted by molar-refractivity contribution is 6.29. The van der Waals surface area contributed by atoms with Gasteiger partial charge in [-0.25, -0.2) is 0 Å². The van der Waals surface area contributed by atoms with Gasteiger partial charge in [-0.3, -0.25) is 0 Å². The van der Waals surface area contributed by atoms with Gasteiger partial charge in [-0.15, -0.1) is 0 Å². The van der Waals surface area contributed by atoms with Crippen molar-refractivity contribution in [1.82, 2.24) is 5.16 Å². The molecule has 0 spiro atoms. The largest absolute Gasteiger partial charge is 0.360 e. The maximum Gasteiger partial charge on any atom is 0.172 e. The van der Waals surface area contributed by atoms with Crippen molar-refractivity contribution in [3.63, 3.8) is 0 Å². The van der Waals surface area contributed by atoms with E-state index in [1.807, 2.05) is 0 Å². The Morgan fingerprint density at radius 1 is 1.64 bits per heavy atom. The van der Waals surface area contributed by atoms with Crippen LogP contribution in [-0.4, -0.2) is 5.16 Å². The lowest BCUT2D eigenvalue weighted by Crippen LogP contribution is -1.89. The van der Waals surface area contributed by atoms with Crippen molar-refractivity contribution in [2.24, 2.45) is 5.92 Å². The maximum atomic E-state index is 5.57. The molecule has 0 bridgehead atoms. The van der Waals surface area contributed by atoms with E-state index in [4.69, 9.17) is 16.1 Å². The molecule has 0 aliphatic rings. The summed E-state index contributed by atoms with van der Waals surface area (Å²) in [6.45, 7) is 4.36. The highest BCUT2D eigenvalue weighted by Crippen LogP contribution is 2.12. The molecule has 11 heavy (non-hydrogen) atoms. The molecule has 1 aromatic heterocycles. The first-order valence-corrected chi connectivity index (χ1v) is 4.17. The lowest BCUT2D eigenvalue weighted by molar-refractivity contribution is 0.373. The van der Waals surface area contributed by atoms with Crippen molar-refractivity contribution in [1.29, 1.82) is 0 Å². The maximum absolute atomic E-state index is 5.57. The molecule has 2 nitrogen and oxygen atoms in total. The number of aryl methyl sites for hydroxylation is 1. The summed E-state index contributed by atoms with van der Waals surface area (Å²) in [6.07, 6.45) is 2.04. The first kappa shape index (κ1) is 8.60. The van der Waals surface area contributed by atoms with E-state index in [1.54, 1.807) is 6.07 Å². The van der Waals surface area contributed by atoms with E-state index < -0.39 is 0 Å². The summed E-state index contributed by atoms with van der Waals surface area (Å²) >= 11 is 5.57. The first-order valence-electron chi connectivity index (χ1n) is 3.79. The molecule has 0 unspecified atom stereocenters. The molecule has 0 atom stereocenters. The monoisotopic (exact) mass is 173 g/mol. The molecule has 0 radical (unpaired) electrons. The van der Waals surface area contributed by atoms with Crippen LogP contribution in [0.5, 0.6) is 0 Å². The Morgan fingerprint density at radius 3 is 2.82 bits per heavy atom. The van der Waals surface area contributed by atoms with Gasteiger partial charge in [0.15, 0.2) is 5.15 Å². The second kappa shape index (κ2) is 3.77. The molecular weight excluding hydrogens is 162 g/mol. The molecule has 0 fully saturated rings. The van der Waals surface area contributed by atoms with Crippen molar-refractivity contribution in [2.75, 3.05) is 0 Å². The van der Waals surface area contributed by atoms with Gasteiger partial charge < -0.3 is 4.52 Å². The summed E-state index contributed by atoms with van der Waals surface area (Å²) in [5, 5.41) is 4.03. The van der Waals surface area contributed by atoms with Crippen LogP contribution < -0.4 is 0 Å². The Labute approximate surface area is 71.5 Å². The van der Waals surface area contributed by atoms with Crippen LogP contribution in [-0.2, 0) is 6.42 Å². The molecule has 3 heteroatoms. The Bertz CT molecular complexity index is 220. The van der Waals surface area contributed by atoms with E-state index in [2.05, 4.69) is 19.0 Å². The summed E-state index contributed by atoms with van der Waals surface area (Å²) in [6, 6.07) is 1.77. The molecule has 1 aromatic rings. The predicted octanol–water partition coefficient (Wildman–Crippen LogP) is 2.92. The SMILES string of the molecule is CC(C)CCc1cc(Cl)no1. The fourth-order valence-corrected chi connectivity index (χ4v) is 0.993. The Hall–Kier alpha value is -0.500. The molecule has 0 amide bonds. The van der Waals surface area contributed by atoms with E-state index in [1.165, 1.54) is 0 Å². The third kappa shape index (κ3) is 2.93. The second-order valence-electron chi connectivity index (χ2n) is 3.05. The van der Waals surface area contributed by atoms with Crippen molar-refractivity contribution >= 4 is 11.6 Å². The lowest BCUT2D eigenvalue weighted by Gasteiger charge is -1.99. The standard InChI is InChI=1S/C8H12ClNO/c1-6(2)3-4-7-5-8(9)10-11-7/h5-6H,3-4H2,1-2H3. The van der Waals surface area contributed by atoms with Crippen LogP contribution in [0.4, 0.5) is 0 Å². The molecule has 0 aromatic carbocycles. The summed E-state index contributed by atoms with van der Waals surface area (Å²) < 4.78 is 4.93. The molecule has 1 heterocycles. The molecule has 0 aliphatic carbocycles. The van der Waals surface area contributed by atoms with Crippen LogP contribution in [0.2, 0.25) is 5.15 Å². The van der Waals surface area contributed by atoms with Gasteiger partial charge in [0.25, 0.3) is 0 Å². The fraction of sp³-hybridized carbons (Fsp3) is 0.625. The highest BCUT2D eigenvalue weighted by atomic mass is 35.5. The van der Waals surface area contributed by atoms with Crippen molar-refractivity contribution in [3.8, 4) is 0 Å². The van der Waals surface area contributed by atoms with Crippen LogP contribution in [0.3, 0.4) is 0 Å². The van der Waals surface area contributed by atoms with E-state index in [0.29, 0.717) is 11.1 Å². The Morgan fingerprint density at radius 2 is 2.36 bits per heavy atom. The van der Waals surface area contributed by atoms with Gasteiger partial charge in [-0.2, -0.15) is 0 Å². The lowest BCUT2D eigenvalue weighted by atomic mass is 10.1. The summed E-state index contributed by atoms with van der Waals surface area (Å²) in [5.41, 5.74) is 0. The number of rotatable bonds is 3. The summed E-state index contributed by atoms with van der Waals surface area (Å²) in [4.78, 5) is 0. The van der Waals surface area contributed by atoms with Crippen LogP contribution in [0.1, 0.15) is 26.0 Å². The molecule has 1 rings (SSSR count). The minimum absolute atomic E-state index is 0.448. The quantitative estimate of drug-likeness (QED) is 0.703. The average molecular weight is 174 g/mol. The second-order valence-corrected chi connectivity index (χ2v) is 3.44. The zero-order chi connectivity index (χ0) is 8.27. The zero-order valence-corrected chi connectivity index (χ0v) is 7.56. The van der Waals surface area contributed by atoms with Gasteiger partial charge in [0.1, 0.15) is 5.76 Å². The highest BCUT2D eigenvalue weighted by Gasteiger charge is 2.02. The number of nitrogens with zero attached hydrogens (tertiary/aromatic N) is 1. The van der Waals surface area contributed by atoms with E-state index in [9.17, 15) is 0 Å². The average Bonchev–Trinajstić information content (AvgIpc) is 2.31. The molecule has 0 saturated carbocycles. The number of halogens is 1. The molecular formula is C8H12ClNO. The van der Waals surface area contributed by atoms with E-state index >= 15 is 0 Å². The minimum Gasteiger partial charge on any atom is -0.360 e. The fourth-order valence-electron chi connectivity index (χ4n) is 0.837. The minimum atomic E-state index is 0.448. The van der Waals surface area contributed by atoms with Crippen LogP contribution in [0.15, 0.2) is 10.6 Å². The summed E-state index contributed by atoms with van der Waals surface area (Å²) in [5.74, 6) is 1.57. The van der Waals surface area contributed by atoms with Gasteiger partial charge in [0, 0.05) is 12.5 Å². The number of aromatic nitrogens is 1. The van der Waals surface area contributed by atoms with Gasteiger partial charge in [0.2, 0.25) is 0 Å². The smallest absolute Gasteiger partial charge is 0.172 e. The Kier molecular flexibility index (Phi) is 2.94. The van der Waals surface area contributed by atoms with Crippen molar-refractivity contribution in [3.05, 3.63) is 17.0 Å². The van der Waals surface area contributed by atoms with Crippen molar-refractivity contribution < 1.29 is 4.52 Å². The number of hydrogen-bond donors (Lipinski definition) is 0. The van der Waals surface area contributed by atoms with E-state index in [-0.39, 0.29) is 0 Å². The van der Waals surface area contributed by atoms with Gasteiger partial charge in [0.05, 0.1) is 0 Å². The third-order valence-corrected chi connectivity index (χ3v) is 1.68. The van der Waals surface area contributed by atoms with Crippen molar-refractivity contribution in [2.45, 2.75) is 26.7 Å². The van der Waals surface area contributed by atoms with Gasteiger partial charge in [-0.05, 0) is 12.3 Å². The third-order valence-electron chi connectivity index (χ3n) is 1.50.